The molecule has 1 N–H and O–H groups in total. The Hall–Kier alpha value is -2.76. The predicted molar refractivity (Wildman–Crippen MR) is 84.6 cm³/mol. The molecule has 0 spiro atoms. The lowest BCUT2D eigenvalue weighted by Gasteiger charge is -2.16. The number of benzene rings is 1. The first-order valence-electron chi connectivity index (χ1n) is 6.92. The number of fused-ring (bicyclic) bond motifs is 3. The van der Waals surface area contributed by atoms with Crippen molar-refractivity contribution in [2.24, 2.45) is 5.41 Å². The Labute approximate surface area is 126 Å². The van der Waals surface area contributed by atoms with Crippen LogP contribution >= 0.6 is 0 Å². The fourth-order valence-electron chi connectivity index (χ4n) is 2.04. The molecule has 6 nitrogen and oxygen atoms in total. The number of nitrogens with zero attached hydrogens (tertiary/aromatic N) is 4. The molecule has 0 radical (unpaired) electrons. The summed E-state index contributed by atoms with van der Waals surface area (Å²) in [6, 6.07) is 7.52. The number of hydrogen-bond acceptors (Lipinski definition) is 5. The van der Waals surface area contributed by atoms with Crippen molar-refractivity contribution in [2.75, 3.05) is 0 Å². The molecule has 3 rings (SSSR count). The van der Waals surface area contributed by atoms with Gasteiger partial charge in [-0.15, -0.1) is 10.2 Å². The van der Waals surface area contributed by atoms with Crippen LogP contribution in [0.15, 0.2) is 41.0 Å². The van der Waals surface area contributed by atoms with Gasteiger partial charge in [-0.3, -0.25) is 4.79 Å². The number of hydrogen-bond donors (Lipinski definition) is 1. The van der Waals surface area contributed by atoms with Gasteiger partial charge in [0.05, 0.1) is 12.0 Å². The van der Waals surface area contributed by atoms with Gasteiger partial charge in [0.2, 0.25) is 0 Å². The molecule has 0 aliphatic rings. The number of rotatable bonds is 1. The average Bonchev–Trinajstić information content (AvgIpc) is 2.48. The van der Waals surface area contributed by atoms with Crippen molar-refractivity contribution < 1.29 is 5.11 Å². The minimum Gasteiger partial charge on any atom is -0.512 e. The summed E-state index contributed by atoms with van der Waals surface area (Å²) in [5, 5.41) is 23.9. The number of aliphatic hydroxyl groups excluding tert-OH is 1. The summed E-state index contributed by atoms with van der Waals surface area (Å²) in [5.41, 5.74) is -0.417. The van der Waals surface area contributed by atoms with E-state index in [0.717, 1.165) is 10.8 Å². The van der Waals surface area contributed by atoms with Crippen molar-refractivity contribution >= 4 is 22.5 Å². The highest BCUT2D eigenvalue weighted by molar-refractivity contribution is 5.92. The van der Waals surface area contributed by atoms with Crippen molar-refractivity contribution in [2.45, 2.75) is 20.8 Å². The molecule has 2 heterocycles. The third-order valence-corrected chi connectivity index (χ3v) is 3.42. The zero-order valence-electron chi connectivity index (χ0n) is 12.6. The van der Waals surface area contributed by atoms with Gasteiger partial charge in [0.25, 0.3) is 0 Å². The van der Waals surface area contributed by atoms with Crippen molar-refractivity contribution in [3.05, 3.63) is 52.3 Å². The maximum atomic E-state index is 12.5. The monoisotopic (exact) mass is 296 g/mol. The van der Waals surface area contributed by atoms with Crippen LogP contribution in [0, 0.1) is 5.41 Å². The Morgan fingerprint density at radius 3 is 2.68 bits per heavy atom. The third kappa shape index (κ3) is 2.32. The van der Waals surface area contributed by atoms with E-state index in [1.165, 1.54) is 10.6 Å². The van der Waals surface area contributed by atoms with Crippen LogP contribution < -0.4 is 5.56 Å². The fourth-order valence-corrected chi connectivity index (χ4v) is 2.04. The van der Waals surface area contributed by atoms with Gasteiger partial charge >= 0.3 is 5.56 Å². The summed E-state index contributed by atoms with van der Waals surface area (Å²) in [6.07, 6.45) is 2.96. The lowest BCUT2D eigenvalue weighted by Crippen LogP contribution is -2.22. The van der Waals surface area contributed by atoms with Crippen molar-refractivity contribution in [3.63, 3.8) is 0 Å². The summed E-state index contributed by atoms with van der Waals surface area (Å²) in [6.45, 7) is 5.53. The summed E-state index contributed by atoms with van der Waals surface area (Å²) < 4.78 is 1.21. The van der Waals surface area contributed by atoms with Crippen molar-refractivity contribution in [1.29, 1.82) is 0 Å². The molecule has 0 bridgehead atoms. The topological polar surface area (TPSA) is 80.4 Å². The summed E-state index contributed by atoms with van der Waals surface area (Å²) >= 11 is 0. The zero-order chi connectivity index (χ0) is 15.9. The van der Waals surface area contributed by atoms with E-state index in [1.54, 1.807) is 6.20 Å². The first-order valence-corrected chi connectivity index (χ1v) is 6.92. The highest BCUT2D eigenvalue weighted by atomic mass is 16.3. The van der Waals surface area contributed by atoms with Crippen LogP contribution in [0.1, 0.15) is 26.5 Å². The van der Waals surface area contributed by atoms with Gasteiger partial charge in [-0.25, -0.2) is 0 Å². The zero-order valence-corrected chi connectivity index (χ0v) is 12.6. The predicted octanol–water partition coefficient (Wildman–Crippen LogP) is 2.58. The highest BCUT2D eigenvalue weighted by Gasteiger charge is 2.18. The van der Waals surface area contributed by atoms with Crippen LogP contribution in [-0.4, -0.2) is 24.9 Å². The Morgan fingerprint density at radius 2 is 1.95 bits per heavy atom. The molecule has 0 aliphatic heterocycles. The number of allylic oxidation sites excluding steroid dienone is 1. The second-order valence-corrected chi connectivity index (χ2v) is 6.14. The molecule has 0 atom stereocenters. The maximum absolute atomic E-state index is 12.5. The van der Waals surface area contributed by atoms with Gasteiger partial charge < -0.3 is 5.11 Å². The van der Waals surface area contributed by atoms with Gasteiger partial charge in [0.1, 0.15) is 0 Å². The standard InChI is InChI=1S/C16H16N4O2/c1-16(2,3)13(21)8-12-15(22)20-14(19-18-12)11-7-5-4-6-10(11)9-17-20/h4-9,21H,1-3H3/b13-8-. The second-order valence-electron chi connectivity index (χ2n) is 6.14. The Kier molecular flexibility index (Phi) is 3.16. The van der Waals surface area contributed by atoms with E-state index >= 15 is 0 Å². The molecule has 0 saturated heterocycles. The quantitative estimate of drug-likeness (QED) is 0.551. The minimum atomic E-state index is -0.468. The molecule has 0 aliphatic carbocycles. The summed E-state index contributed by atoms with van der Waals surface area (Å²) in [4.78, 5) is 12.5. The molecule has 0 amide bonds. The van der Waals surface area contributed by atoms with Crippen molar-refractivity contribution in [1.82, 2.24) is 19.8 Å². The molecule has 0 fully saturated rings. The smallest absolute Gasteiger partial charge is 0.300 e. The SMILES string of the molecule is CC(C)(C)/C(O)=C/c1nnc2c3ccccc3cnn2c1=O. The van der Waals surface area contributed by atoms with Crippen molar-refractivity contribution in [3.8, 4) is 0 Å². The molecule has 3 aromatic rings. The van der Waals surface area contributed by atoms with Gasteiger partial charge in [-0.2, -0.15) is 9.61 Å². The number of aromatic nitrogens is 4. The lowest BCUT2D eigenvalue weighted by molar-refractivity contribution is 0.282. The number of aliphatic hydroxyl groups is 1. The average molecular weight is 296 g/mol. The van der Waals surface area contributed by atoms with Gasteiger partial charge in [0.15, 0.2) is 11.3 Å². The van der Waals surface area contributed by atoms with E-state index in [4.69, 9.17) is 0 Å². The van der Waals surface area contributed by atoms with Crippen LogP contribution in [0.2, 0.25) is 0 Å². The van der Waals surface area contributed by atoms with Crippen LogP contribution in [0.4, 0.5) is 0 Å². The molecule has 0 unspecified atom stereocenters. The van der Waals surface area contributed by atoms with Gasteiger partial charge in [-0.05, 0) is 0 Å². The lowest BCUT2D eigenvalue weighted by atomic mass is 9.93. The van der Waals surface area contributed by atoms with E-state index in [1.807, 2.05) is 45.0 Å². The van der Waals surface area contributed by atoms with E-state index in [0.29, 0.717) is 5.65 Å². The Balaban J connectivity index is 2.28. The molecule has 6 heteroatoms. The van der Waals surface area contributed by atoms with E-state index in [2.05, 4.69) is 15.3 Å². The molecule has 2 aromatic heterocycles. The molecular formula is C16H16N4O2. The first kappa shape index (κ1) is 14.2. The molecule has 112 valence electrons. The summed E-state index contributed by atoms with van der Waals surface area (Å²) in [5.74, 6) is 0.0691. The minimum absolute atomic E-state index is 0.0627. The summed E-state index contributed by atoms with van der Waals surface area (Å²) in [7, 11) is 0. The van der Waals surface area contributed by atoms with Crippen LogP contribution in [0.25, 0.3) is 22.5 Å². The van der Waals surface area contributed by atoms with Crippen LogP contribution in [0.5, 0.6) is 0 Å². The molecule has 0 saturated carbocycles. The second kappa shape index (κ2) is 4.91. The molecule has 1 aromatic carbocycles. The fraction of sp³-hybridized carbons (Fsp3) is 0.250. The van der Waals surface area contributed by atoms with Gasteiger partial charge in [-0.1, -0.05) is 45.0 Å². The van der Waals surface area contributed by atoms with Gasteiger partial charge in [0, 0.05) is 22.3 Å². The van der Waals surface area contributed by atoms with E-state index in [9.17, 15) is 9.90 Å². The first-order chi connectivity index (χ1) is 10.4. The largest absolute Gasteiger partial charge is 0.512 e. The molecular weight excluding hydrogens is 280 g/mol. The Morgan fingerprint density at radius 1 is 1.23 bits per heavy atom. The normalized spacial score (nSPS) is 13.0. The molecule has 22 heavy (non-hydrogen) atoms. The maximum Gasteiger partial charge on any atom is 0.300 e. The van der Waals surface area contributed by atoms with E-state index < -0.39 is 11.0 Å². The third-order valence-electron chi connectivity index (χ3n) is 3.42. The van der Waals surface area contributed by atoms with Crippen LogP contribution in [0.3, 0.4) is 0 Å². The highest BCUT2D eigenvalue weighted by Crippen LogP contribution is 2.23. The Bertz CT molecular complexity index is 952. The van der Waals surface area contributed by atoms with Crippen LogP contribution in [-0.2, 0) is 0 Å². The van der Waals surface area contributed by atoms with E-state index in [-0.39, 0.29) is 11.5 Å².